The first-order chi connectivity index (χ1) is 12.0. The first kappa shape index (κ1) is 21.4. The van der Waals surface area contributed by atoms with Gasteiger partial charge in [-0.2, -0.15) is 0 Å². The number of nitrogens with zero attached hydrogens (tertiary/aromatic N) is 4. The molecule has 0 saturated carbocycles. The summed E-state index contributed by atoms with van der Waals surface area (Å²) >= 11 is 0. The molecule has 2 aliphatic rings. The number of amides is 1. The molecule has 0 aromatic carbocycles. The van der Waals surface area contributed by atoms with E-state index in [0.29, 0.717) is 36.4 Å². The van der Waals surface area contributed by atoms with Crippen LogP contribution in [0.4, 0.5) is 0 Å². The van der Waals surface area contributed by atoms with E-state index in [9.17, 15) is 14.4 Å². The average Bonchev–Trinajstić information content (AvgIpc) is 2.96. The lowest BCUT2D eigenvalue weighted by atomic mass is 10.1. The van der Waals surface area contributed by atoms with Crippen LogP contribution in [0, 0.1) is 0 Å². The van der Waals surface area contributed by atoms with E-state index in [-0.39, 0.29) is 36.1 Å². The number of likely N-dealkylation sites (tertiary alicyclic amines) is 1. The van der Waals surface area contributed by atoms with Crippen molar-refractivity contribution in [3.05, 3.63) is 38.7 Å². The molecular formula is C17H23Cl2N5O3. The quantitative estimate of drug-likeness (QED) is 0.729. The van der Waals surface area contributed by atoms with Crippen LogP contribution < -0.4 is 16.6 Å². The Labute approximate surface area is 168 Å². The molecule has 8 nitrogen and oxygen atoms in total. The predicted molar refractivity (Wildman–Crippen MR) is 107 cm³/mol. The Kier molecular flexibility index (Phi) is 6.34. The van der Waals surface area contributed by atoms with E-state index in [2.05, 4.69) is 10.3 Å². The van der Waals surface area contributed by atoms with Gasteiger partial charge in [-0.3, -0.25) is 18.7 Å². The van der Waals surface area contributed by atoms with E-state index < -0.39 is 11.2 Å². The Morgan fingerprint density at radius 1 is 1.11 bits per heavy atom. The van der Waals surface area contributed by atoms with E-state index in [1.165, 1.54) is 24.2 Å². The number of hydrogen-bond donors (Lipinski definition) is 1. The highest BCUT2D eigenvalue weighted by Gasteiger charge is 2.31. The van der Waals surface area contributed by atoms with Crippen LogP contribution in [0.25, 0.3) is 11.0 Å². The lowest BCUT2D eigenvalue weighted by Crippen LogP contribution is -2.39. The maximum atomic E-state index is 12.9. The second-order valence-electron chi connectivity index (χ2n) is 6.98. The van der Waals surface area contributed by atoms with Crippen molar-refractivity contribution >= 4 is 41.8 Å². The Morgan fingerprint density at radius 3 is 2.56 bits per heavy atom. The van der Waals surface area contributed by atoms with Crippen molar-refractivity contribution in [2.24, 2.45) is 14.1 Å². The molecule has 4 heterocycles. The zero-order valence-corrected chi connectivity index (χ0v) is 16.8. The number of carbonyl (C=O) groups excluding carboxylic acids is 1. The molecule has 2 aromatic rings. The summed E-state index contributed by atoms with van der Waals surface area (Å²) in [6.07, 6.45) is 4.67. The first-order valence-electron chi connectivity index (χ1n) is 8.57. The minimum absolute atomic E-state index is 0. The van der Waals surface area contributed by atoms with Crippen LogP contribution in [0.2, 0.25) is 0 Å². The number of nitrogens with one attached hydrogen (secondary N) is 1. The molecule has 1 N–H and O–H groups in total. The summed E-state index contributed by atoms with van der Waals surface area (Å²) < 4.78 is 2.35. The van der Waals surface area contributed by atoms with Crippen LogP contribution >= 0.6 is 24.8 Å². The summed E-state index contributed by atoms with van der Waals surface area (Å²) in [5.74, 6) is -0.111. The number of hydrogen-bond acceptors (Lipinski definition) is 5. The molecule has 4 rings (SSSR count). The van der Waals surface area contributed by atoms with Gasteiger partial charge in [-0.25, -0.2) is 9.78 Å². The maximum Gasteiger partial charge on any atom is 0.332 e. The fourth-order valence-electron chi connectivity index (χ4n) is 3.89. The summed E-state index contributed by atoms with van der Waals surface area (Å²) in [5.41, 5.74) is -0.183. The predicted octanol–water partition coefficient (Wildman–Crippen LogP) is 0.442. The van der Waals surface area contributed by atoms with E-state index in [1.807, 2.05) is 4.90 Å². The van der Waals surface area contributed by atoms with Crippen molar-refractivity contribution in [2.75, 3.05) is 13.1 Å². The molecule has 0 aliphatic carbocycles. The average molecular weight is 416 g/mol. The van der Waals surface area contributed by atoms with Crippen LogP contribution in [0.3, 0.4) is 0 Å². The van der Waals surface area contributed by atoms with Gasteiger partial charge < -0.3 is 10.2 Å². The summed E-state index contributed by atoms with van der Waals surface area (Å²) in [6, 6.07) is 2.40. The number of rotatable bonds is 1. The molecular weight excluding hydrogens is 393 g/mol. The van der Waals surface area contributed by atoms with Gasteiger partial charge in [-0.1, -0.05) is 0 Å². The smallest absolute Gasteiger partial charge is 0.332 e. The number of fused-ring (bicyclic) bond motifs is 3. The third-order valence-electron chi connectivity index (χ3n) is 5.35. The largest absolute Gasteiger partial charge is 0.337 e. The van der Waals surface area contributed by atoms with Crippen LogP contribution in [0.15, 0.2) is 21.9 Å². The fourth-order valence-corrected chi connectivity index (χ4v) is 3.89. The molecule has 2 aromatic heterocycles. The van der Waals surface area contributed by atoms with Crippen molar-refractivity contribution in [2.45, 2.75) is 31.3 Å². The summed E-state index contributed by atoms with van der Waals surface area (Å²) in [5, 5.41) is 3.83. The van der Waals surface area contributed by atoms with Gasteiger partial charge in [0.1, 0.15) is 5.65 Å². The molecule has 0 radical (unpaired) electrons. The van der Waals surface area contributed by atoms with Gasteiger partial charge in [0.2, 0.25) is 0 Å². The van der Waals surface area contributed by atoms with Crippen LogP contribution in [0.1, 0.15) is 29.6 Å². The van der Waals surface area contributed by atoms with Crippen molar-refractivity contribution in [1.29, 1.82) is 0 Å². The molecule has 10 heteroatoms. The SMILES string of the molecule is Cl.Cl.Cn1c(=O)c2cc(C(=O)N3CCC4CCC(C3)N4)cnc2n(C)c1=O. The summed E-state index contributed by atoms with van der Waals surface area (Å²) in [7, 11) is 2.99. The fraction of sp³-hybridized carbons (Fsp3) is 0.529. The molecule has 148 valence electrons. The number of halogens is 2. The van der Waals surface area contributed by atoms with Crippen molar-refractivity contribution < 1.29 is 4.79 Å². The van der Waals surface area contributed by atoms with E-state index in [0.717, 1.165) is 17.4 Å². The van der Waals surface area contributed by atoms with Crippen molar-refractivity contribution in [3.63, 3.8) is 0 Å². The monoisotopic (exact) mass is 415 g/mol. The zero-order chi connectivity index (χ0) is 17.7. The van der Waals surface area contributed by atoms with E-state index in [1.54, 1.807) is 13.1 Å². The lowest BCUT2D eigenvalue weighted by Gasteiger charge is -2.24. The van der Waals surface area contributed by atoms with Gasteiger partial charge in [0.05, 0.1) is 10.9 Å². The highest BCUT2D eigenvalue weighted by molar-refractivity contribution is 5.96. The van der Waals surface area contributed by atoms with Gasteiger partial charge in [-0.05, 0) is 25.3 Å². The second kappa shape index (κ2) is 8.00. The Hall–Kier alpha value is -1.90. The molecule has 0 spiro atoms. The first-order valence-corrected chi connectivity index (χ1v) is 8.57. The van der Waals surface area contributed by atoms with Crippen molar-refractivity contribution in [1.82, 2.24) is 24.3 Å². The maximum absolute atomic E-state index is 12.9. The lowest BCUT2D eigenvalue weighted by molar-refractivity contribution is 0.0748. The minimum atomic E-state index is -0.433. The van der Waals surface area contributed by atoms with Crippen LogP contribution in [-0.4, -0.2) is 50.1 Å². The van der Waals surface area contributed by atoms with Crippen LogP contribution in [-0.2, 0) is 14.1 Å². The third kappa shape index (κ3) is 3.61. The van der Waals surface area contributed by atoms with Gasteiger partial charge in [0.15, 0.2) is 0 Å². The number of aromatic nitrogens is 3. The third-order valence-corrected chi connectivity index (χ3v) is 5.35. The van der Waals surface area contributed by atoms with E-state index in [4.69, 9.17) is 0 Å². The normalized spacial score (nSPS) is 21.3. The van der Waals surface area contributed by atoms with E-state index >= 15 is 0 Å². The summed E-state index contributed by atoms with van der Waals surface area (Å²) in [4.78, 5) is 43.3. The Morgan fingerprint density at radius 2 is 1.81 bits per heavy atom. The second-order valence-corrected chi connectivity index (χ2v) is 6.98. The Balaban J connectivity index is 0.00000131. The van der Waals surface area contributed by atoms with Crippen molar-refractivity contribution in [3.8, 4) is 0 Å². The standard InChI is InChI=1S/C17H21N5O3.2ClH/c1-20-14-13(16(24)21(2)17(20)25)7-10(8-18-14)15(23)22-6-5-11-3-4-12(9-22)19-11;;/h7-8,11-12,19H,3-6,9H2,1-2H3;2*1H. The molecule has 2 aliphatic heterocycles. The molecule has 1 amide bonds. The molecule has 27 heavy (non-hydrogen) atoms. The van der Waals surface area contributed by atoms with Gasteiger partial charge in [0.25, 0.3) is 11.5 Å². The number of pyridine rings is 1. The molecule has 2 bridgehead atoms. The number of carbonyl (C=O) groups is 1. The minimum Gasteiger partial charge on any atom is -0.337 e. The van der Waals surface area contributed by atoms with Gasteiger partial charge in [0, 0.05) is 45.5 Å². The molecule has 2 fully saturated rings. The zero-order valence-electron chi connectivity index (χ0n) is 15.2. The molecule has 2 saturated heterocycles. The molecule has 2 unspecified atom stereocenters. The topological polar surface area (TPSA) is 89.2 Å². The highest BCUT2D eigenvalue weighted by atomic mass is 35.5. The summed E-state index contributed by atoms with van der Waals surface area (Å²) in [6.45, 7) is 1.38. The van der Waals surface area contributed by atoms with Gasteiger partial charge >= 0.3 is 5.69 Å². The Bertz CT molecular complexity index is 987. The number of aryl methyl sites for hydroxylation is 1. The highest BCUT2D eigenvalue weighted by Crippen LogP contribution is 2.21. The van der Waals surface area contributed by atoms with Crippen LogP contribution in [0.5, 0.6) is 0 Å². The molecule has 2 atom stereocenters. The van der Waals surface area contributed by atoms with Gasteiger partial charge in [-0.15, -0.1) is 24.8 Å².